The van der Waals surface area contributed by atoms with Crippen molar-refractivity contribution in [2.45, 2.75) is 12.2 Å². The molecule has 2 N–H and O–H groups in total. The molecule has 0 unspecified atom stereocenters. The van der Waals surface area contributed by atoms with E-state index in [1.54, 1.807) is 0 Å². The van der Waals surface area contributed by atoms with E-state index in [9.17, 15) is 0 Å². The van der Waals surface area contributed by atoms with Gasteiger partial charge >= 0.3 is 39.7 Å². The van der Waals surface area contributed by atoms with E-state index in [2.05, 4.69) is 21.0 Å². The van der Waals surface area contributed by atoms with Crippen LogP contribution in [0, 0.1) is 0 Å². The molecule has 0 aliphatic rings. The summed E-state index contributed by atoms with van der Waals surface area (Å²) in [5.41, 5.74) is 0. The first-order valence-electron chi connectivity index (χ1n) is 1.33. The van der Waals surface area contributed by atoms with Crippen molar-refractivity contribution in [1.29, 1.82) is 0 Å². The topological polar surface area (TPSA) is 33.5 Å². The van der Waals surface area contributed by atoms with Gasteiger partial charge in [-0.2, -0.15) is 0 Å². The van der Waals surface area contributed by atoms with Gasteiger partial charge in [-0.25, -0.2) is 0 Å². The van der Waals surface area contributed by atoms with E-state index in [-0.39, 0.29) is 6.15 Å². The molecular weight excluding hydrogens is 145 g/mol. The Bertz CT molecular complexity index is 11.6. The predicted octanol–water partition coefficient (Wildman–Crippen LogP) is 2.16. The summed E-state index contributed by atoms with van der Waals surface area (Å²) in [4.78, 5) is 0. The maximum absolute atomic E-state index is 3.33. The molecule has 0 bridgehead atoms. The van der Waals surface area contributed by atoms with Crippen LogP contribution in [0.5, 0.6) is 0 Å². The minimum Gasteiger partial charge on any atom is -0.693 e. The van der Waals surface area contributed by atoms with E-state index in [1.807, 2.05) is 0 Å². The summed E-state index contributed by atoms with van der Waals surface area (Å²) in [6.45, 7) is 2.17. The smallest absolute Gasteiger partial charge is 0.693 e. The van der Waals surface area contributed by atoms with Gasteiger partial charge < -0.3 is 6.15 Å². The number of halogens is 1. The minimum absolute atomic E-state index is 0. The number of rotatable bonds is 1. The van der Waals surface area contributed by atoms with E-state index in [0.29, 0.717) is 13.4 Å². The van der Waals surface area contributed by atoms with Gasteiger partial charge in [0.2, 0.25) is 0 Å². The van der Waals surface area contributed by atoms with Gasteiger partial charge in [-0.15, -0.1) is 0 Å². The van der Waals surface area contributed by atoms with Gasteiger partial charge in [0.1, 0.15) is 0 Å². The first-order chi connectivity index (χ1) is 1.91. The molecule has 0 aliphatic heterocycles. The molecule has 0 radical (unpaired) electrons. The van der Waals surface area contributed by atoms with Crippen LogP contribution in [-0.2, 0) is 0 Å². The Morgan fingerprint density at radius 1 is 1.80 bits per heavy atom. The molecule has 3 heteroatoms. The summed E-state index contributed by atoms with van der Waals surface area (Å²) >= 11 is 3.93. The van der Waals surface area contributed by atoms with Gasteiger partial charge in [0, 0.05) is 0 Å². The first-order valence-corrected chi connectivity index (χ1v) is 5.33. The SMILES string of the molecule is C[CH2][Al+][Br].[NH2-]. The van der Waals surface area contributed by atoms with Gasteiger partial charge in [-0.1, -0.05) is 0 Å². The summed E-state index contributed by atoms with van der Waals surface area (Å²) < 4.78 is 0. The van der Waals surface area contributed by atoms with Crippen LogP contribution in [0.15, 0.2) is 0 Å². The molecule has 0 aromatic rings. The van der Waals surface area contributed by atoms with Crippen molar-refractivity contribution < 1.29 is 0 Å². The fraction of sp³-hybridized carbons (Fsp3) is 1.00. The first kappa shape index (κ1) is 9.36. The van der Waals surface area contributed by atoms with Crippen LogP contribution < -0.4 is 0 Å². The number of hydrogen-bond donors (Lipinski definition) is 0. The van der Waals surface area contributed by atoms with Gasteiger partial charge in [0.05, 0.1) is 0 Å². The maximum Gasteiger partial charge on any atom is -0.693 e. The fourth-order valence-corrected chi connectivity index (χ4v) is 0. The number of hydrogen-bond acceptors (Lipinski definition) is 0. The molecular formula is C2H7AlBrN. The Hall–Kier alpha value is 0.972. The standard InChI is InChI=1S/C2H5.Al.BrH.H2N/c1-2;;;/h1H2,2H3;;1H;1H2/q;+2;;-1/p-1. The van der Waals surface area contributed by atoms with E-state index in [0.717, 1.165) is 0 Å². The molecule has 0 spiro atoms. The summed E-state index contributed by atoms with van der Waals surface area (Å²) in [6.07, 6.45) is 0. The molecule has 0 heterocycles. The zero-order valence-electron chi connectivity index (χ0n) is 3.24. The van der Waals surface area contributed by atoms with Crippen LogP contribution in [0.3, 0.4) is 0 Å². The minimum atomic E-state index is 0. The normalized spacial score (nSPS) is 4.40. The third-order valence-corrected chi connectivity index (χ3v) is 2.41. The van der Waals surface area contributed by atoms with Crippen LogP contribution in [0.2, 0.25) is 5.28 Å². The zero-order valence-corrected chi connectivity index (χ0v) is 5.98. The van der Waals surface area contributed by atoms with Crippen molar-refractivity contribution in [3.05, 3.63) is 6.15 Å². The Balaban J connectivity index is 0. The Labute approximate surface area is 46.1 Å². The average Bonchev–Trinajstić information content (AvgIpc) is 1.37. The fourth-order valence-electron chi connectivity index (χ4n) is 0. The molecule has 30 valence electrons. The molecule has 1 nitrogen and oxygen atoms in total. The van der Waals surface area contributed by atoms with E-state index >= 15 is 0 Å². The maximum atomic E-state index is 3.33. The van der Waals surface area contributed by atoms with E-state index < -0.39 is 0 Å². The number of nitrogens with two attached hydrogens (primary N) is 1. The van der Waals surface area contributed by atoms with Crippen molar-refractivity contribution in [2.75, 3.05) is 0 Å². The summed E-state index contributed by atoms with van der Waals surface area (Å²) in [5.74, 6) is 0. The third-order valence-electron chi connectivity index (χ3n) is 0.154. The van der Waals surface area contributed by atoms with Gasteiger partial charge in [0.25, 0.3) is 0 Å². The van der Waals surface area contributed by atoms with Crippen molar-refractivity contribution in [1.82, 2.24) is 0 Å². The largest absolute Gasteiger partial charge is 0.693 e. The van der Waals surface area contributed by atoms with E-state index in [4.69, 9.17) is 0 Å². The third kappa shape index (κ3) is 11.3. The van der Waals surface area contributed by atoms with E-state index in [1.165, 1.54) is 5.28 Å². The molecule has 0 saturated carbocycles. The molecule has 5 heavy (non-hydrogen) atoms. The second kappa shape index (κ2) is 8.88. The Morgan fingerprint density at radius 3 is 2.00 bits per heavy atom. The predicted molar refractivity (Wildman–Crippen MR) is 30.4 cm³/mol. The molecule has 0 aromatic carbocycles. The summed E-state index contributed by atoms with van der Waals surface area (Å²) in [7, 11) is 0. The molecule has 0 saturated heterocycles. The molecule has 0 atom stereocenters. The quantitative estimate of drug-likeness (QED) is 0.515. The van der Waals surface area contributed by atoms with Crippen molar-refractivity contribution in [3.63, 3.8) is 0 Å². The molecule has 0 rings (SSSR count). The van der Waals surface area contributed by atoms with Gasteiger partial charge in [-0.3, -0.25) is 0 Å². The van der Waals surface area contributed by atoms with Crippen LogP contribution in [0.4, 0.5) is 0 Å². The monoisotopic (exact) mass is 151 g/mol. The molecule has 0 aromatic heterocycles. The van der Waals surface area contributed by atoms with Crippen molar-refractivity contribution in [3.8, 4) is 0 Å². The molecule has 0 amide bonds. The zero-order chi connectivity index (χ0) is 3.41. The van der Waals surface area contributed by atoms with Crippen molar-refractivity contribution in [2.24, 2.45) is 0 Å². The summed E-state index contributed by atoms with van der Waals surface area (Å²) in [6, 6.07) is 0. The van der Waals surface area contributed by atoms with Gasteiger partial charge in [-0.05, 0) is 0 Å². The Kier molecular flexibility index (Phi) is 16.6. The van der Waals surface area contributed by atoms with Gasteiger partial charge in [0.15, 0.2) is 0 Å². The molecule has 0 aliphatic carbocycles. The van der Waals surface area contributed by atoms with Crippen LogP contribution >= 0.6 is 14.1 Å². The van der Waals surface area contributed by atoms with Crippen LogP contribution in [0.25, 0.3) is 6.15 Å². The second-order valence-electron chi connectivity index (χ2n) is 0.563. The molecule has 0 fully saturated rings. The van der Waals surface area contributed by atoms with Crippen LogP contribution in [0.1, 0.15) is 6.92 Å². The Morgan fingerprint density at radius 2 is 2.00 bits per heavy atom. The van der Waals surface area contributed by atoms with Crippen molar-refractivity contribution >= 4 is 27.4 Å². The van der Waals surface area contributed by atoms with Crippen LogP contribution in [-0.4, -0.2) is 13.4 Å². The average molecular weight is 152 g/mol. The summed E-state index contributed by atoms with van der Waals surface area (Å²) in [5, 5.41) is 1.32. The second-order valence-corrected chi connectivity index (χ2v) is 3.63.